The zero-order valence-electron chi connectivity index (χ0n) is 6.66. The largest absolute Gasteiger partial charge is 0.379 e. The fourth-order valence-electron chi connectivity index (χ4n) is 1.00. The number of hydrogen-bond donors (Lipinski definition) is 1. The van der Waals surface area contributed by atoms with Crippen LogP contribution in [0.5, 0.6) is 0 Å². The average molecular weight is 157 g/mol. The molecule has 1 saturated heterocycles. The fraction of sp³-hybridized carbons (Fsp3) is 0.750. The second-order valence-electron chi connectivity index (χ2n) is 2.53. The van der Waals surface area contributed by atoms with E-state index in [2.05, 4.69) is 0 Å². The number of hydrogen-bond acceptors (Lipinski definition) is 3. The monoisotopic (exact) mass is 157 g/mol. The van der Waals surface area contributed by atoms with Crippen molar-refractivity contribution in [3.8, 4) is 0 Å². The van der Waals surface area contributed by atoms with Crippen LogP contribution in [0.1, 0.15) is 6.42 Å². The molecule has 0 aromatic rings. The number of rotatable bonds is 4. The molecule has 1 fully saturated rings. The van der Waals surface area contributed by atoms with Crippen LogP contribution in [0, 0.1) is 0 Å². The molecule has 1 aliphatic rings. The van der Waals surface area contributed by atoms with Crippen LogP contribution in [0.3, 0.4) is 0 Å². The van der Waals surface area contributed by atoms with Crippen LogP contribution in [0.4, 0.5) is 0 Å². The summed E-state index contributed by atoms with van der Waals surface area (Å²) in [6, 6.07) is 0. The Morgan fingerprint density at radius 1 is 1.55 bits per heavy atom. The molecule has 2 N–H and O–H groups in total. The molecule has 0 amide bonds. The molecule has 0 aromatic carbocycles. The molecule has 1 atom stereocenters. The van der Waals surface area contributed by atoms with E-state index in [9.17, 15) is 0 Å². The Labute approximate surface area is 67.2 Å². The molecule has 1 unspecified atom stereocenters. The zero-order chi connectivity index (χ0) is 7.94. The first-order chi connectivity index (χ1) is 5.43. The van der Waals surface area contributed by atoms with Crippen molar-refractivity contribution in [1.29, 1.82) is 0 Å². The molecular formula is C8H15NO2. The summed E-state index contributed by atoms with van der Waals surface area (Å²) in [4.78, 5) is 0. The summed E-state index contributed by atoms with van der Waals surface area (Å²) >= 11 is 0. The van der Waals surface area contributed by atoms with Gasteiger partial charge >= 0.3 is 0 Å². The second-order valence-corrected chi connectivity index (χ2v) is 2.53. The minimum Gasteiger partial charge on any atom is -0.379 e. The van der Waals surface area contributed by atoms with E-state index < -0.39 is 0 Å². The fourth-order valence-corrected chi connectivity index (χ4v) is 1.00. The van der Waals surface area contributed by atoms with E-state index in [1.807, 2.05) is 12.2 Å². The summed E-state index contributed by atoms with van der Waals surface area (Å²) in [5.41, 5.74) is 5.26. The number of ether oxygens (including phenoxy) is 2. The van der Waals surface area contributed by atoms with E-state index in [1.165, 1.54) is 0 Å². The molecule has 0 radical (unpaired) electrons. The van der Waals surface area contributed by atoms with Crippen molar-refractivity contribution in [3.63, 3.8) is 0 Å². The Kier molecular flexibility index (Phi) is 4.19. The van der Waals surface area contributed by atoms with Crippen molar-refractivity contribution in [2.45, 2.75) is 12.5 Å². The molecule has 0 spiro atoms. The van der Waals surface area contributed by atoms with Crippen molar-refractivity contribution >= 4 is 0 Å². The predicted molar refractivity (Wildman–Crippen MR) is 43.4 cm³/mol. The Morgan fingerprint density at radius 2 is 2.45 bits per heavy atom. The minimum atomic E-state index is 0.303. The molecule has 0 bridgehead atoms. The van der Waals surface area contributed by atoms with Gasteiger partial charge in [0.15, 0.2) is 0 Å². The van der Waals surface area contributed by atoms with Crippen molar-refractivity contribution in [2.24, 2.45) is 5.73 Å². The first-order valence-corrected chi connectivity index (χ1v) is 3.98. The van der Waals surface area contributed by atoms with Crippen LogP contribution >= 0.6 is 0 Å². The lowest BCUT2D eigenvalue weighted by molar-refractivity contribution is 0.0601. The normalized spacial score (nSPS) is 25.0. The van der Waals surface area contributed by atoms with Crippen LogP contribution in [0.25, 0.3) is 0 Å². The van der Waals surface area contributed by atoms with Crippen LogP contribution in [-0.4, -0.2) is 32.5 Å². The topological polar surface area (TPSA) is 44.5 Å². The first-order valence-electron chi connectivity index (χ1n) is 3.98. The lowest BCUT2D eigenvalue weighted by atomic mass is 10.3. The van der Waals surface area contributed by atoms with Gasteiger partial charge in [-0.3, -0.25) is 0 Å². The van der Waals surface area contributed by atoms with Gasteiger partial charge < -0.3 is 15.2 Å². The smallest absolute Gasteiger partial charge is 0.0834 e. The van der Waals surface area contributed by atoms with E-state index in [1.54, 1.807) is 0 Å². The van der Waals surface area contributed by atoms with Gasteiger partial charge in [0.05, 0.1) is 19.3 Å². The molecule has 0 aliphatic carbocycles. The third kappa shape index (κ3) is 3.51. The van der Waals surface area contributed by atoms with E-state index in [4.69, 9.17) is 15.2 Å². The highest BCUT2D eigenvalue weighted by atomic mass is 16.5. The summed E-state index contributed by atoms with van der Waals surface area (Å²) < 4.78 is 10.6. The first kappa shape index (κ1) is 8.71. The molecular weight excluding hydrogens is 142 g/mol. The summed E-state index contributed by atoms with van der Waals surface area (Å²) in [6.45, 7) is 2.83. The zero-order valence-corrected chi connectivity index (χ0v) is 6.66. The highest BCUT2D eigenvalue weighted by molar-refractivity contribution is 4.82. The third-order valence-electron chi connectivity index (χ3n) is 1.62. The lowest BCUT2D eigenvalue weighted by Crippen LogP contribution is -2.12. The molecule has 0 saturated carbocycles. The van der Waals surface area contributed by atoms with Crippen molar-refractivity contribution in [1.82, 2.24) is 0 Å². The average Bonchev–Trinajstić information content (AvgIpc) is 2.50. The van der Waals surface area contributed by atoms with E-state index in [0.717, 1.165) is 19.6 Å². The Balaban J connectivity index is 1.97. The second kappa shape index (κ2) is 5.29. The van der Waals surface area contributed by atoms with Gasteiger partial charge in [-0.15, -0.1) is 0 Å². The van der Waals surface area contributed by atoms with Crippen LogP contribution in [-0.2, 0) is 9.47 Å². The minimum absolute atomic E-state index is 0.303. The summed E-state index contributed by atoms with van der Waals surface area (Å²) in [5.74, 6) is 0. The maximum atomic E-state index is 5.44. The highest BCUT2D eigenvalue weighted by Gasteiger charge is 2.14. The molecule has 0 aromatic heterocycles. The number of nitrogens with two attached hydrogens (primary N) is 1. The van der Waals surface area contributed by atoms with E-state index in [-0.39, 0.29) is 0 Å². The maximum Gasteiger partial charge on any atom is 0.0834 e. The molecule has 3 heteroatoms. The predicted octanol–water partition coefficient (Wildman–Crippen LogP) is 0.307. The quantitative estimate of drug-likeness (QED) is 0.597. The molecule has 1 aliphatic heterocycles. The van der Waals surface area contributed by atoms with E-state index in [0.29, 0.717) is 19.3 Å². The molecule has 11 heavy (non-hydrogen) atoms. The van der Waals surface area contributed by atoms with Gasteiger partial charge in [0, 0.05) is 13.2 Å². The molecule has 1 heterocycles. The SMILES string of the molecule is NC/C=C/COC1CCOC1. The summed E-state index contributed by atoms with van der Waals surface area (Å²) in [7, 11) is 0. The lowest BCUT2D eigenvalue weighted by Gasteiger charge is -2.05. The van der Waals surface area contributed by atoms with Crippen LogP contribution in [0.2, 0.25) is 0 Å². The van der Waals surface area contributed by atoms with Gasteiger partial charge in [-0.05, 0) is 6.42 Å². The Bertz CT molecular complexity index is 119. The van der Waals surface area contributed by atoms with Crippen molar-refractivity contribution < 1.29 is 9.47 Å². The highest BCUT2D eigenvalue weighted by Crippen LogP contribution is 2.07. The van der Waals surface area contributed by atoms with Gasteiger partial charge in [-0.25, -0.2) is 0 Å². The van der Waals surface area contributed by atoms with Crippen LogP contribution < -0.4 is 5.73 Å². The van der Waals surface area contributed by atoms with Gasteiger partial charge in [-0.2, -0.15) is 0 Å². The van der Waals surface area contributed by atoms with Crippen molar-refractivity contribution in [3.05, 3.63) is 12.2 Å². The standard InChI is InChI=1S/C8H15NO2/c9-4-1-2-5-11-8-3-6-10-7-8/h1-2,8H,3-7,9H2/b2-1+. The molecule has 64 valence electrons. The van der Waals surface area contributed by atoms with E-state index >= 15 is 0 Å². The van der Waals surface area contributed by atoms with Gasteiger partial charge in [0.2, 0.25) is 0 Å². The van der Waals surface area contributed by atoms with Gasteiger partial charge in [0.1, 0.15) is 0 Å². The Morgan fingerprint density at radius 3 is 3.09 bits per heavy atom. The maximum absolute atomic E-state index is 5.44. The summed E-state index contributed by atoms with van der Waals surface area (Å²) in [6.07, 6.45) is 5.17. The molecule has 1 rings (SSSR count). The van der Waals surface area contributed by atoms with Gasteiger partial charge in [-0.1, -0.05) is 12.2 Å². The summed E-state index contributed by atoms with van der Waals surface area (Å²) in [5, 5.41) is 0. The van der Waals surface area contributed by atoms with Gasteiger partial charge in [0.25, 0.3) is 0 Å². The Hall–Kier alpha value is -0.380. The third-order valence-corrected chi connectivity index (χ3v) is 1.62. The van der Waals surface area contributed by atoms with Crippen LogP contribution in [0.15, 0.2) is 12.2 Å². The van der Waals surface area contributed by atoms with Crippen molar-refractivity contribution in [2.75, 3.05) is 26.4 Å². The molecule has 3 nitrogen and oxygen atoms in total.